The van der Waals surface area contributed by atoms with Crippen molar-refractivity contribution in [2.75, 3.05) is 101 Å². The topological polar surface area (TPSA) is 374 Å². The fourth-order valence-electron chi connectivity index (χ4n) is 12.3. The average Bonchev–Trinajstić information content (AvgIpc) is 1.59. The Labute approximate surface area is 701 Å². The highest BCUT2D eigenvalue weighted by molar-refractivity contribution is 7.88. The molecule has 1 aromatic carbocycles. The van der Waals surface area contributed by atoms with E-state index in [2.05, 4.69) is 62.9 Å². The predicted octanol–water partition coefficient (Wildman–Crippen LogP) is 16.4. The van der Waals surface area contributed by atoms with Gasteiger partial charge in [0, 0.05) is 163 Å². The summed E-state index contributed by atoms with van der Waals surface area (Å²) in [4.78, 5) is 58.1. The number of benzene rings is 1. The summed E-state index contributed by atoms with van der Waals surface area (Å²) in [5.74, 6) is 5.17. The minimum Gasteiger partial charge on any atom is -0.396 e. The van der Waals surface area contributed by atoms with Gasteiger partial charge in [0.2, 0.25) is 0 Å². The second-order valence-corrected chi connectivity index (χ2v) is 41.2. The molecule has 1 saturated carbocycles. The molecule has 1 aliphatic rings. The number of hydrogen-bond donors (Lipinski definition) is 4. The van der Waals surface area contributed by atoms with Crippen LogP contribution in [0.2, 0.25) is 0 Å². The van der Waals surface area contributed by atoms with E-state index < -0.39 is 43.2 Å². The number of rotatable bonds is 27. The minimum absolute atomic E-state index is 0.288. The van der Waals surface area contributed by atoms with Gasteiger partial charge < -0.3 is 51.0 Å². The second kappa shape index (κ2) is 37.4. The summed E-state index contributed by atoms with van der Waals surface area (Å²) in [6.07, 6.45) is 15.6. The molecule has 114 heavy (non-hydrogen) atoms. The maximum absolute atomic E-state index is 12.8. The third kappa shape index (κ3) is 17.7. The van der Waals surface area contributed by atoms with E-state index >= 15 is 0 Å². The lowest BCUT2D eigenvalue weighted by Gasteiger charge is -2.11. The number of pyridine rings is 3. The Morgan fingerprint density at radius 3 is 1.25 bits per heavy atom. The van der Waals surface area contributed by atoms with Gasteiger partial charge in [0.1, 0.15) is 84.9 Å². The maximum Gasteiger partial charge on any atom is 0.190 e. The molecule has 4 unspecified atom stereocenters. The first-order chi connectivity index (χ1) is 55.4. The lowest BCUT2D eigenvalue weighted by molar-refractivity contribution is 0.200. The first-order valence-electron chi connectivity index (χ1n) is 35.2. The lowest BCUT2D eigenvalue weighted by atomic mass is 10.1. The molecule has 1 fully saturated rings. The fraction of sp³-hybridized carbons (Fsp3) is 0.280. The van der Waals surface area contributed by atoms with Gasteiger partial charge >= 0.3 is 0 Å². The molecule has 0 bridgehead atoms. The monoisotopic (exact) mass is 1770 g/mol. The third-order valence-corrected chi connectivity index (χ3v) is 33.4. The molecule has 15 aromatic heterocycles. The molecule has 0 saturated heterocycles. The van der Waals surface area contributed by atoms with Crippen LogP contribution in [0.15, 0.2) is 136 Å². The molecule has 0 radical (unpaired) electrons. The van der Waals surface area contributed by atoms with Gasteiger partial charge in [-0.3, -0.25) is 16.8 Å². The van der Waals surface area contributed by atoms with Gasteiger partial charge in [0.05, 0.1) is 138 Å². The van der Waals surface area contributed by atoms with Crippen LogP contribution < -0.4 is 22.9 Å². The lowest BCUT2D eigenvalue weighted by Crippen LogP contribution is -2.05. The number of nitrogen functional groups attached to an aromatic ring is 4. The SMILES string of the molecule is COCCCS(=O)c1sc2nc(-c3nccs3)nc(-c3ccccc3)c2c1N.COCCS(=O)c1sc2nc(-c3nccs3)cc(-c3cnc(C(C)C)n3C)c2c1N.COCCS(=O)c1sc2nc(-c3nccs3)cc(-c3cnc(C4CC4)n3C)c2c1N.COCCS(=O)c1sc2nc(-c3nccs3)cc(-c3nccs3)c2c1N. The molecule has 8 N–H and O–H groups in total. The second-order valence-electron chi connectivity index (χ2n) is 25.6. The van der Waals surface area contributed by atoms with E-state index in [4.69, 9.17) is 61.8 Å². The standard InChI is InChI=1S/C20H21N5O2S3.C20H23N5O2S3.C19H18N4O2S3.C16H14N4O2S4/c1-25-14(10-23-17(25)11-3-4-11)12-9-13(18-22-5-7-28-18)24-19-15(12)16(21)20(29-19)30(26)8-6-27-2;1-11(2)17-23-10-14(25(17)3)12-9-13(18-22-5-7-28-18)24-19-15(12)16(21)20(29-19)30(26)8-6-27-4;1-25-9-5-11-28(24)19-14(20)13-15(12-6-3-2-4-7-12)22-16(23-17(13)27-19)18-21-8-10-26-18;1-22-4-7-26(21)16-12(17)11-9(13-18-2-5-23-13)8-10(20-15(11)25-16)14-19-3-6-24-14/h5,7,9-11H,3-4,6,8,21H2,1-2H3;5,7,9-11H,6,8,21H2,1-4H3;2-4,6-8,10H,5,9,11,20H2,1H3;2-3,5-6,8H,4,7,17H2,1H3. The highest BCUT2D eigenvalue weighted by atomic mass is 32.2. The van der Waals surface area contributed by atoms with Crippen LogP contribution in [0.1, 0.15) is 56.6 Å². The van der Waals surface area contributed by atoms with Crippen molar-refractivity contribution in [1.82, 2.24) is 68.9 Å². The molecule has 16 aromatic rings. The zero-order valence-corrected chi connectivity index (χ0v) is 73.2. The smallest absolute Gasteiger partial charge is 0.190 e. The first kappa shape index (κ1) is 82.3. The largest absolute Gasteiger partial charge is 0.396 e. The number of imidazole rings is 2. The van der Waals surface area contributed by atoms with E-state index in [1.807, 2.05) is 102 Å². The van der Waals surface area contributed by atoms with E-state index in [9.17, 15) is 16.8 Å². The Hall–Kier alpha value is -8.20. The van der Waals surface area contributed by atoms with Crippen molar-refractivity contribution < 1.29 is 35.8 Å². The Balaban J connectivity index is 0.000000126. The summed E-state index contributed by atoms with van der Waals surface area (Å²) in [5, 5.41) is 16.9. The van der Waals surface area contributed by atoms with Crippen LogP contribution in [0.25, 0.3) is 128 Å². The number of ether oxygens (including phenoxy) is 4. The average molecular weight is 1770 g/mol. The molecule has 0 amide bonds. The van der Waals surface area contributed by atoms with Gasteiger partial charge in [0.15, 0.2) is 10.8 Å². The van der Waals surface area contributed by atoms with Crippen molar-refractivity contribution in [2.24, 2.45) is 14.1 Å². The van der Waals surface area contributed by atoms with Gasteiger partial charge in [-0.2, -0.15) is 0 Å². The number of nitrogens with two attached hydrogens (primary N) is 4. The van der Waals surface area contributed by atoms with E-state index in [0.29, 0.717) is 107 Å². The number of anilines is 4. The van der Waals surface area contributed by atoms with Crippen LogP contribution in [0.4, 0.5) is 22.7 Å². The molecule has 1 aliphatic carbocycles. The third-order valence-electron chi connectivity index (χ3n) is 17.8. The van der Waals surface area contributed by atoms with Crippen LogP contribution in [0.3, 0.4) is 0 Å². The summed E-state index contributed by atoms with van der Waals surface area (Å²) in [5.41, 5.74) is 36.7. The van der Waals surface area contributed by atoms with Crippen LogP contribution in [0.5, 0.6) is 0 Å². The Kier molecular flexibility index (Phi) is 27.0. The van der Waals surface area contributed by atoms with E-state index in [1.54, 1.807) is 70.8 Å². The van der Waals surface area contributed by atoms with E-state index in [-0.39, 0.29) is 5.92 Å². The molecular formula is C75H76N18O8S13. The van der Waals surface area contributed by atoms with Crippen molar-refractivity contribution in [3.63, 3.8) is 0 Å². The summed E-state index contributed by atoms with van der Waals surface area (Å²) >= 11 is 13.1. The Morgan fingerprint density at radius 1 is 0.447 bits per heavy atom. The highest BCUT2D eigenvalue weighted by Crippen LogP contribution is 2.49. The molecule has 0 aliphatic heterocycles. The van der Waals surface area contributed by atoms with Crippen molar-refractivity contribution in [3.8, 4) is 87.3 Å². The number of methoxy groups -OCH3 is 4. The number of thiazole rings is 5. The minimum atomic E-state index is -1.25. The molecule has 592 valence electrons. The normalized spacial score (nSPS) is 13.3. The summed E-state index contributed by atoms with van der Waals surface area (Å²) < 4.78 is 78.2. The van der Waals surface area contributed by atoms with E-state index in [1.165, 1.54) is 104 Å². The molecule has 4 atom stereocenters. The quantitative estimate of drug-likeness (QED) is 0.0347. The van der Waals surface area contributed by atoms with Crippen LogP contribution >= 0.6 is 102 Å². The van der Waals surface area contributed by atoms with Gasteiger partial charge in [-0.25, -0.2) is 59.8 Å². The molecule has 15 heterocycles. The van der Waals surface area contributed by atoms with Crippen LogP contribution in [-0.2, 0) is 76.2 Å². The molecular weight excluding hydrogens is 1700 g/mol. The summed E-state index contributed by atoms with van der Waals surface area (Å²) in [6, 6.07) is 15.8. The van der Waals surface area contributed by atoms with Crippen molar-refractivity contribution in [3.05, 3.63) is 130 Å². The summed E-state index contributed by atoms with van der Waals surface area (Å²) in [7, 11) is 5.56. The van der Waals surface area contributed by atoms with Crippen LogP contribution in [-0.4, -0.2) is 164 Å². The zero-order valence-electron chi connectivity index (χ0n) is 62.6. The zero-order chi connectivity index (χ0) is 79.8. The van der Waals surface area contributed by atoms with Crippen molar-refractivity contribution >= 4 is 209 Å². The Bertz CT molecular complexity index is 5910. The first-order valence-corrected chi connectivity index (χ1v) is 48.2. The number of nitrogens with zero attached hydrogens (tertiary/aromatic N) is 14. The highest BCUT2D eigenvalue weighted by Gasteiger charge is 2.32. The summed E-state index contributed by atoms with van der Waals surface area (Å²) in [6.45, 7) is 6.04. The van der Waals surface area contributed by atoms with Gasteiger partial charge in [-0.05, 0) is 37.5 Å². The fourth-order valence-corrected chi connectivity index (χ4v) is 25.6. The Morgan fingerprint density at radius 2 is 0.833 bits per heavy atom. The predicted molar refractivity (Wildman–Crippen MR) is 473 cm³/mol. The number of fused-ring (bicyclic) bond motifs is 4. The van der Waals surface area contributed by atoms with Crippen molar-refractivity contribution in [2.45, 2.75) is 61.8 Å². The maximum atomic E-state index is 12.8. The molecule has 0 spiro atoms. The van der Waals surface area contributed by atoms with Crippen LogP contribution in [0, 0.1) is 0 Å². The van der Waals surface area contributed by atoms with Gasteiger partial charge in [0.25, 0.3) is 0 Å². The van der Waals surface area contributed by atoms with Gasteiger partial charge in [-0.15, -0.1) is 102 Å². The molecule has 39 heteroatoms. The number of hydrogen-bond acceptors (Lipinski definition) is 33. The number of thiophene rings is 4. The van der Waals surface area contributed by atoms with E-state index in [0.717, 1.165) is 134 Å². The molecule has 17 rings (SSSR count). The van der Waals surface area contributed by atoms with Gasteiger partial charge in [-0.1, -0.05) is 44.2 Å². The molecule has 26 nitrogen and oxygen atoms in total. The van der Waals surface area contributed by atoms with Crippen molar-refractivity contribution in [1.29, 1.82) is 0 Å². The number of aromatic nitrogens is 14.